The molecule has 1 aromatic rings. The fourth-order valence-electron chi connectivity index (χ4n) is 2.62. The largest absolute Gasteiger partial charge is 0.315 e. The van der Waals surface area contributed by atoms with Crippen LogP contribution in [0.1, 0.15) is 25.3 Å². The summed E-state index contributed by atoms with van der Waals surface area (Å²) in [5, 5.41) is 4.03. The molecule has 1 nitrogen and oxygen atoms in total. The smallest absolute Gasteiger partial charge is 0.123 e. The molecular formula is C14H19ClFNS. The Balaban J connectivity index is 2.17. The zero-order valence-corrected chi connectivity index (χ0v) is 12.4. The number of thioether (sulfide) groups is 1. The number of rotatable bonds is 4. The molecule has 4 heteroatoms. The standard InChI is InChI=1S/C14H19ClFNS/c1-14(6-3-7-18-14)13(17-2)9-10-8-11(16)4-5-12(10)15/h4-5,8,13,17H,3,6-7,9H2,1-2H3. The lowest BCUT2D eigenvalue weighted by atomic mass is 9.91. The normalized spacial score (nSPS) is 25.3. The summed E-state index contributed by atoms with van der Waals surface area (Å²) >= 11 is 8.16. The maximum Gasteiger partial charge on any atom is 0.123 e. The monoisotopic (exact) mass is 287 g/mol. The molecule has 0 radical (unpaired) electrons. The molecule has 0 bridgehead atoms. The Labute approximate surface area is 117 Å². The van der Waals surface area contributed by atoms with Gasteiger partial charge in [0.05, 0.1) is 0 Å². The summed E-state index contributed by atoms with van der Waals surface area (Å²) in [6.07, 6.45) is 3.24. The van der Waals surface area contributed by atoms with Crippen LogP contribution in [0.4, 0.5) is 4.39 Å². The van der Waals surface area contributed by atoms with Crippen LogP contribution in [0.25, 0.3) is 0 Å². The lowest BCUT2D eigenvalue weighted by Crippen LogP contribution is -2.45. The molecule has 1 aromatic carbocycles. The molecule has 2 unspecified atom stereocenters. The van der Waals surface area contributed by atoms with Gasteiger partial charge in [0.15, 0.2) is 0 Å². The number of benzene rings is 1. The third-order valence-corrected chi connectivity index (χ3v) is 5.78. The van der Waals surface area contributed by atoms with Crippen molar-refractivity contribution >= 4 is 23.4 Å². The third kappa shape index (κ3) is 3.01. The van der Waals surface area contributed by atoms with Crippen LogP contribution in [-0.4, -0.2) is 23.6 Å². The van der Waals surface area contributed by atoms with Crippen molar-refractivity contribution in [2.75, 3.05) is 12.8 Å². The Bertz CT molecular complexity index is 418. The Morgan fingerprint density at radius 2 is 2.33 bits per heavy atom. The fraction of sp³-hybridized carbons (Fsp3) is 0.571. The topological polar surface area (TPSA) is 12.0 Å². The van der Waals surface area contributed by atoms with Crippen molar-refractivity contribution in [3.63, 3.8) is 0 Å². The van der Waals surface area contributed by atoms with E-state index in [9.17, 15) is 4.39 Å². The summed E-state index contributed by atoms with van der Waals surface area (Å²) in [6.45, 7) is 2.29. The molecule has 2 atom stereocenters. The van der Waals surface area contributed by atoms with E-state index >= 15 is 0 Å². The SMILES string of the molecule is CNC(Cc1cc(F)ccc1Cl)C1(C)CCCS1. The molecule has 0 saturated carbocycles. The van der Waals surface area contributed by atoms with Gasteiger partial charge in [0.1, 0.15) is 5.82 Å². The van der Waals surface area contributed by atoms with Gasteiger partial charge in [-0.15, -0.1) is 0 Å². The van der Waals surface area contributed by atoms with Gasteiger partial charge in [0.25, 0.3) is 0 Å². The molecule has 0 amide bonds. The van der Waals surface area contributed by atoms with Crippen LogP contribution in [0.3, 0.4) is 0 Å². The van der Waals surface area contributed by atoms with E-state index in [0.29, 0.717) is 11.1 Å². The molecule has 1 heterocycles. The highest BCUT2D eigenvalue weighted by atomic mass is 35.5. The van der Waals surface area contributed by atoms with E-state index in [4.69, 9.17) is 11.6 Å². The highest BCUT2D eigenvalue weighted by molar-refractivity contribution is 8.00. The van der Waals surface area contributed by atoms with Crippen molar-refractivity contribution < 1.29 is 4.39 Å². The maximum atomic E-state index is 13.3. The number of nitrogens with one attached hydrogen (secondary N) is 1. The Hall–Kier alpha value is -0.250. The molecule has 0 aliphatic carbocycles. The minimum Gasteiger partial charge on any atom is -0.315 e. The molecule has 100 valence electrons. The number of likely N-dealkylation sites (N-methyl/N-ethyl adjacent to an activating group) is 1. The minimum absolute atomic E-state index is 0.214. The van der Waals surface area contributed by atoms with Crippen LogP contribution in [0.15, 0.2) is 18.2 Å². The van der Waals surface area contributed by atoms with Crippen LogP contribution in [-0.2, 0) is 6.42 Å². The number of halogens is 2. The van der Waals surface area contributed by atoms with E-state index < -0.39 is 0 Å². The predicted octanol–water partition coefficient (Wildman–Crippen LogP) is 3.90. The zero-order valence-electron chi connectivity index (χ0n) is 10.8. The van der Waals surface area contributed by atoms with Crippen molar-refractivity contribution in [2.45, 2.75) is 37.0 Å². The molecule has 1 aliphatic rings. The van der Waals surface area contributed by atoms with Gasteiger partial charge in [-0.2, -0.15) is 11.8 Å². The van der Waals surface area contributed by atoms with Crippen LogP contribution in [0.2, 0.25) is 5.02 Å². The van der Waals surface area contributed by atoms with Crippen molar-refractivity contribution in [1.29, 1.82) is 0 Å². The minimum atomic E-state index is -0.214. The van der Waals surface area contributed by atoms with Crippen LogP contribution < -0.4 is 5.32 Å². The lowest BCUT2D eigenvalue weighted by molar-refractivity contribution is 0.423. The van der Waals surface area contributed by atoms with E-state index in [1.54, 1.807) is 12.1 Å². The van der Waals surface area contributed by atoms with Gasteiger partial charge >= 0.3 is 0 Å². The van der Waals surface area contributed by atoms with Gasteiger partial charge in [-0.1, -0.05) is 11.6 Å². The zero-order chi connectivity index (χ0) is 13.2. The van der Waals surface area contributed by atoms with E-state index in [1.165, 1.54) is 24.7 Å². The molecule has 0 aromatic heterocycles. The summed E-state index contributed by atoms with van der Waals surface area (Å²) in [4.78, 5) is 0. The average Bonchev–Trinajstić information content (AvgIpc) is 2.78. The van der Waals surface area contributed by atoms with E-state index in [0.717, 1.165) is 12.0 Å². The van der Waals surface area contributed by atoms with Crippen molar-refractivity contribution in [2.24, 2.45) is 0 Å². The molecule has 1 saturated heterocycles. The highest BCUT2D eigenvalue weighted by Crippen LogP contribution is 2.41. The number of hydrogen-bond donors (Lipinski definition) is 1. The average molecular weight is 288 g/mol. The first-order valence-electron chi connectivity index (χ1n) is 6.30. The molecule has 18 heavy (non-hydrogen) atoms. The van der Waals surface area contributed by atoms with Gasteiger partial charge in [0.2, 0.25) is 0 Å². The van der Waals surface area contributed by atoms with Crippen molar-refractivity contribution in [3.8, 4) is 0 Å². The van der Waals surface area contributed by atoms with Crippen LogP contribution in [0, 0.1) is 5.82 Å². The first kappa shape index (κ1) is 14.2. The van der Waals surface area contributed by atoms with Gasteiger partial charge in [-0.3, -0.25) is 0 Å². The van der Waals surface area contributed by atoms with Crippen molar-refractivity contribution in [1.82, 2.24) is 5.32 Å². The van der Waals surface area contributed by atoms with Gasteiger partial charge < -0.3 is 5.32 Å². The molecule has 1 aliphatic heterocycles. The summed E-state index contributed by atoms with van der Waals surface area (Å²) in [7, 11) is 1.97. The molecule has 2 rings (SSSR count). The lowest BCUT2D eigenvalue weighted by Gasteiger charge is -2.33. The van der Waals surface area contributed by atoms with Crippen LogP contribution >= 0.6 is 23.4 Å². The van der Waals surface area contributed by atoms with E-state index in [1.807, 2.05) is 18.8 Å². The van der Waals surface area contributed by atoms with E-state index in [2.05, 4.69) is 12.2 Å². The second-order valence-corrected chi connectivity index (χ2v) is 7.08. The first-order valence-corrected chi connectivity index (χ1v) is 7.67. The highest BCUT2D eigenvalue weighted by Gasteiger charge is 2.37. The molecule has 0 spiro atoms. The van der Waals surface area contributed by atoms with Gasteiger partial charge in [0, 0.05) is 15.8 Å². The summed E-state index contributed by atoms with van der Waals surface area (Å²) in [6, 6.07) is 4.93. The Kier molecular flexibility index (Phi) is 4.57. The van der Waals surface area contributed by atoms with Gasteiger partial charge in [-0.05, 0) is 62.7 Å². The second kappa shape index (κ2) is 5.81. The predicted molar refractivity (Wildman–Crippen MR) is 78.1 cm³/mol. The molecule has 1 N–H and O–H groups in total. The fourth-order valence-corrected chi connectivity index (χ4v) is 4.26. The summed E-state index contributed by atoms with van der Waals surface area (Å²) < 4.78 is 13.5. The second-order valence-electron chi connectivity index (χ2n) is 5.05. The summed E-state index contributed by atoms with van der Waals surface area (Å²) in [5.41, 5.74) is 0.893. The van der Waals surface area contributed by atoms with Gasteiger partial charge in [-0.25, -0.2) is 4.39 Å². The summed E-state index contributed by atoms with van der Waals surface area (Å²) in [5.74, 6) is 0.999. The van der Waals surface area contributed by atoms with Crippen molar-refractivity contribution in [3.05, 3.63) is 34.6 Å². The Morgan fingerprint density at radius 3 is 2.94 bits per heavy atom. The van der Waals surface area contributed by atoms with Crippen LogP contribution in [0.5, 0.6) is 0 Å². The quantitative estimate of drug-likeness (QED) is 0.901. The third-order valence-electron chi connectivity index (χ3n) is 3.77. The maximum absolute atomic E-state index is 13.3. The number of hydrogen-bond acceptors (Lipinski definition) is 2. The molecule has 1 fully saturated rings. The first-order chi connectivity index (χ1) is 8.55. The Morgan fingerprint density at radius 1 is 1.56 bits per heavy atom. The van der Waals surface area contributed by atoms with E-state index in [-0.39, 0.29) is 10.6 Å². The molecular weight excluding hydrogens is 269 g/mol.